The third kappa shape index (κ3) is 4.58. The van der Waals surface area contributed by atoms with Crippen LogP contribution in [0.4, 0.5) is 0 Å². The summed E-state index contributed by atoms with van der Waals surface area (Å²) in [5.74, 6) is 2.26. The molecule has 3 heterocycles. The first kappa shape index (κ1) is 20.6. The molecular formula is C23H25N5O3. The van der Waals surface area contributed by atoms with Crippen molar-refractivity contribution in [2.24, 2.45) is 0 Å². The van der Waals surface area contributed by atoms with Crippen molar-refractivity contribution in [1.82, 2.24) is 25.0 Å². The molecule has 0 spiro atoms. The average molecular weight is 419 g/mol. The van der Waals surface area contributed by atoms with Gasteiger partial charge in [0.25, 0.3) is 0 Å². The highest BCUT2D eigenvalue weighted by atomic mass is 16.5. The molecule has 0 radical (unpaired) electrons. The molecule has 0 bridgehead atoms. The first-order chi connectivity index (χ1) is 15.0. The Balaban J connectivity index is 1.49. The fourth-order valence-corrected chi connectivity index (χ4v) is 3.62. The summed E-state index contributed by atoms with van der Waals surface area (Å²) in [6.07, 6.45) is 2.70. The van der Waals surface area contributed by atoms with E-state index in [1.165, 1.54) is 0 Å². The van der Waals surface area contributed by atoms with Gasteiger partial charge in [0.05, 0.1) is 25.9 Å². The van der Waals surface area contributed by atoms with E-state index in [0.717, 1.165) is 45.3 Å². The Kier molecular flexibility index (Phi) is 5.97. The fraction of sp³-hybridized carbons (Fsp3) is 0.304. The molecule has 0 aliphatic heterocycles. The number of aromatic nitrogens is 4. The Morgan fingerprint density at radius 1 is 1.23 bits per heavy atom. The van der Waals surface area contributed by atoms with Crippen LogP contribution in [0.2, 0.25) is 0 Å². The van der Waals surface area contributed by atoms with Gasteiger partial charge in [-0.25, -0.2) is 9.97 Å². The molecule has 31 heavy (non-hydrogen) atoms. The predicted octanol–water partition coefficient (Wildman–Crippen LogP) is 3.34. The van der Waals surface area contributed by atoms with Crippen LogP contribution >= 0.6 is 0 Å². The number of methoxy groups -OCH3 is 1. The molecule has 0 saturated carbocycles. The van der Waals surface area contributed by atoms with Crippen LogP contribution in [0.15, 0.2) is 47.1 Å². The van der Waals surface area contributed by atoms with Crippen molar-refractivity contribution in [1.29, 1.82) is 0 Å². The summed E-state index contributed by atoms with van der Waals surface area (Å²) in [6, 6.07) is 11.7. The number of carbonyl (C=O) groups is 1. The van der Waals surface area contributed by atoms with Gasteiger partial charge in [0, 0.05) is 18.2 Å². The lowest BCUT2D eigenvalue weighted by atomic mass is 10.1. The summed E-state index contributed by atoms with van der Waals surface area (Å²) in [7, 11) is 1.65. The van der Waals surface area contributed by atoms with Gasteiger partial charge in [0.1, 0.15) is 22.9 Å². The smallest absolute Gasteiger partial charge is 0.220 e. The minimum absolute atomic E-state index is 0.0482. The maximum absolute atomic E-state index is 12.5. The van der Waals surface area contributed by atoms with Gasteiger partial charge in [0.2, 0.25) is 5.91 Å². The van der Waals surface area contributed by atoms with Crippen LogP contribution in [-0.2, 0) is 24.3 Å². The number of hydrogen-bond acceptors (Lipinski definition) is 6. The molecule has 160 valence electrons. The molecule has 0 saturated heterocycles. The van der Waals surface area contributed by atoms with E-state index >= 15 is 0 Å². The zero-order valence-corrected chi connectivity index (χ0v) is 17.9. The van der Waals surface area contributed by atoms with Crippen molar-refractivity contribution in [2.45, 2.75) is 39.8 Å². The number of ether oxygens (including phenoxy) is 1. The molecule has 1 aromatic carbocycles. The number of fused-ring (bicyclic) bond motifs is 1. The lowest BCUT2D eigenvalue weighted by Gasteiger charge is -2.11. The summed E-state index contributed by atoms with van der Waals surface area (Å²) < 4.78 is 12.5. The minimum atomic E-state index is -0.0482. The van der Waals surface area contributed by atoms with Crippen LogP contribution in [0.1, 0.15) is 34.8 Å². The van der Waals surface area contributed by atoms with Crippen molar-refractivity contribution < 1.29 is 14.1 Å². The highest BCUT2D eigenvalue weighted by Crippen LogP contribution is 2.19. The second-order valence-electron chi connectivity index (χ2n) is 7.39. The van der Waals surface area contributed by atoms with Crippen molar-refractivity contribution >= 4 is 17.1 Å². The van der Waals surface area contributed by atoms with Crippen molar-refractivity contribution in [3.8, 4) is 5.75 Å². The van der Waals surface area contributed by atoms with Crippen LogP contribution in [0.5, 0.6) is 5.75 Å². The molecule has 3 aromatic heterocycles. The Bertz CT molecular complexity index is 1190. The highest BCUT2D eigenvalue weighted by Gasteiger charge is 2.15. The molecule has 4 rings (SSSR count). The molecule has 0 aliphatic rings. The van der Waals surface area contributed by atoms with E-state index in [-0.39, 0.29) is 5.91 Å². The Morgan fingerprint density at radius 3 is 2.87 bits per heavy atom. The maximum Gasteiger partial charge on any atom is 0.220 e. The van der Waals surface area contributed by atoms with E-state index in [0.29, 0.717) is 25.9 Å². The number of imidazole rings is 1. The van der Waals surface area contributed by atoms with Crippen molar-refractivity contribution in [2.75, 3.05) is 7.11 Å². The molecule has 8 nitrogen and oxygen atoms in total. The van der Waals surface area contributed by atoms with Crippen molar-refractivity contribution in [3.05, 3.63) is 71.0 Å². The summed E-state index contributed by atoms with van der Waals surface area (Å²) in [4.78, 5) is 21.7. The van der Waals surface area contributed by atoms with Crippen molar-refractivity contribution in [3.63, 3.8) is 0 Å². The number of rotatable bonds is 8. The first-order valence-corrected chi connectivity index (χ1v) is 10.2. The standard InChI is InChI=1S/C23H25N5O3/c1-15-19(16(2)31-27-15)9-10-22(29)25-13-21-26-20-8-5-11-24-23(20)28(21)14-17-6-4-7-18(12-17)30-3/h4-8,11-12H,9-10,13-14H2,1-3H3,(H,25,29). The summed E-state index contributed by atoms with van der Waals surface area (Å²) in [5.41, 5.74) is 4.46. The SMILES string of the molecule is COc1cccc(Cn2c(CNC(=O)CCc3c(C)noc3C)nc3cccnc32)c1. The Morgan fingerprint density at radius 2 is 2.10 bits per heavy atom. The summed E-state index contributed by atoms with van der Waals surface area (Å²) in [5, 5.41) is 6.92. The van der Waals surface area contributed by atoms with Gasteiger partial charge in [0.15, 0.2) is 5.65 Å². The molecule has 4 aromatic rings. The van der Waals surface area contributed by atoms with Crippen LogP contribution in [-0.4, -0.2) is 32.7 Å². The van der Waals surface area contributed by atoms with Gasteiger partial charge in [-0.1, -0.05) is 17.3 Å². The molecular weight excluding hydrogens is 394 g/mol. The molecule has 0 atom stereocenters. The van der Waals surface area contributed by atoms with Gasteiger partial charge in [-0.15, -0.1) is 0 Å². The third-order valence-electron chi connectivity index (χ3n) is 5.28. The zero-order chi connectivity index (χ0) is 21.8. The largest absolute Gasteiger partial charge is 0.497 e. The number of aryl methyl sites for hydroxylation is 2. The van der Waals surface area contributed by atoms with E-state index in [1.807, 2.05) is 54.8 Å². The van der Waals surface area contributed by atoms with Gasteiger partial charge >= 0.3 is 0 Å². The number of carbonyl (C=O) groups excluding carboxylic acids is 1. The maximum atomic E-state index is 12.5. The number of pyridine rings is 1. The molecule has 1 N–H and O–H groups in total. The third-order valence-corrected chi connectivity index (χ3v) is 5.28. The Labute approximate surface area is 180 Å². The van der Waals surface area contributed by atoms with Gasteiger partial charge in [-0.2, -0.15) is 0 Å². The fourth-order valence-electron chi connectivity index (χ4n) is 3.62. The number of hydrogen-bond donors (Lipinski definition) is 1. The van der Waals surface area contributed by atoms with Gasteiger partial charge < -0.3 is 19.1 Å². The predicted molar refractivity (Wildman–Crippen MR) is 116 cm³/mol. The van der Waals surface area contributed by atoms with E-state index in [1.54, 1.807) is 13.3 Å². The second kappa shape index (κ2) is 8.99. The average Bonchev–Trinajstić information content (AvgIpc) is 3.30. The van der Waals surface area contributed by atoms with E-state index in [4.69, 9.17) is 14.2 Å². The number of nitrogens with one attached hydrogen (secondary N) is 1. The lowest BCUT2D eigenvalue weighted by molar-refractivity contribution is -0.121. The van der Waals surface area contributed by atoms with Crippen LogP contribution < -0.4 is 10.1 Å². The Hall–Kier alpha value is -3.68. The van der Waals surface area contributed by atoms with Crippen LogP contribution in [0, 0.1) is 13.8 Å². The minimum Gasteiger partial charge on any atom is -0.497 e. The molecule has 0 unspecified atom stereocenters. The topological polar surface area (TPSA) is 95.1 Å². The second-order valence-corrected chi connectivity index (χ2v) is 7.39. The molecule has 1 amide bonds. The molecule has 8 heteroatoms. The monoisotopic (exact) mass is 419 g/mol. The normalized spacial score (nSPS) is 11.1. The number of amides is 1. The molecule has 0 fully saturated rings. The van der Waals surface area contributed by atoms with Crippen LogP contribution in [0.25, 0.3) is 11.2 Å². The lowest BCUT2D eigenvalue weighted by Crippen LogP contribution is -2.25. The van der Waals surface area contributed by atoms with E-state index in [2.05, 4.69) is 15.5 Å². The van der Waals surface area contributed by atoms with Gasteiger partial charge in [-0.3, -0.25) is 4.79 Å². The first-order valence-electron chi connectivity index (χ1n) is 10.2. The quantitative estimate of drug-likeness (QED) is 0.471. The zero-order valence-electron chi connectivity index (χ0n) is 17.9. The van der Waals surface area contributed by atoms with Gasteiger partial charge in [-0.05, 0) is 50.1 Å². The summed E-state index contributed by atoms with van der Waals surface area (Å²) in [6.45, 7) is 4.65. The number of benzene rings is 1. The summed E-state index contributed by atoms with van der Waals surface area (Å²) >= 11 is 0. The molecule has 0 aliphatic carbocycles. The number of nitrogens with zero attached hydrogens (tertiary/aromatic N) is 4. The van der Waals surface area contributed by atoms with E-state index in [9.17, 15) is 4.79 Å². The van der Waals surface area contributed by atoms with E-state index < -0.39 is 0 Å². The van der Waals surface area contributed by atoms with Crippen LogP contribution in [0.3, 0.4) is 0 Å². The highest BCUT2D eigenvalue weighted by molar-refractivity contribution is 5.76.